The molecule has 0 spiro atoms. The first-order valence-electron chi connectivity index (χ1n) is 7.14. The lowest BCUT2D eigenvalue weighted by Gasteiger charge is -2.07. The van der Waals surface area contributed by atoms with Gasteiger partial charge in [-0.3, -0.25) is 19.8 Å². The van der Waals surface area contributed by atoms with Gasteiger partial charge in [-0.15, -0.1) is 0 Å². The number of hydrogen-bond acceptors (Lipinski definition) is 7. The van der Waals surface area contributed by atoms with Gasteiger partial charge in [0.05, 0.1) is 18.5 Å². The molecule has 1 heterocycles. The maximum atomic E-state index is 12.1. The number of hydrogen-bond donors (Lipinski definition) is 5. The smallest absolute Gasteiger partial charge is 0.274 e. The lowest BCUT2D eigenvalue weighted by Crippen LogP contribution is -2.21. The van der Waals surface area contributed by atoms with Crippen molar-refractivity contribution in [3.05, 3.63) is 58.4 Å². The minimum Gasteiger partial charge on any atom is -0.505 e. The van der Waals surface area contributed by atoms with Crippen LogP contribution in [0.2, 0.25) is 0 Å². The van der Waals surface area contributed by atoms with Crippen molar-refractivity contribution in [3.8, 4) is 5.75 Å². The molecule has 2 aromatic rings. The van der Waals surface area contributed by atoms with Crippen molar-refractivity contribution >= 4 is 18.0 Å². The van der Waals surface area contributed by atoms with E-state index in [4.69, 9.17) is 5.21 Å². The summed E-state index contributed by atoms with van der Waals surface area (Å²) in [7, 11) is 0. The molecular weight excluding hydrogens is 328 g/mol. The summed E-state index contributed by atoms with van der Waals surface area (Å²) in [5.41, 5.74) is 4.92. The molecule has 9 nitrogen and oxygen atoms in total. The molecule has 1 aromatic heterocycles. The van der Waals surface area contributed by atoms with Crippen LogP contribution in [-0.2, 0) is 6.61 Å². The summed E-state index contributed by atoms with van der Waals surface area (Å²) in [6.45, 7) is 1.23. The zero-order valence-electron chi connectivity index (χ0n) is 13.2. The van der Waals surface area contributed by atoms with Crippen LogP contribution in [0.25, 0.3) is 0 Å². The summed E-state index contributed by atoms with van der Waals surface area (Å²) < 4.78 is 0. The molecule has 0 saturated carbocycles. The minimum atomic E-state index is -0.747. The Labute approximate surface area is 142 Å². The molecule has 130 valence electrons. The Hall–Kier alpha value is -3.30. The number of benzene rings is 1. The van der Waals surface area contributed by atoms with Crippen molar-refractivity contribution in [1.29, 1.82) is 0 Å². The third kappa shape index (κ3) is 4.16. The van der Waals surface area contributed by atoms with E-state index in [9.17, 15) is 19.8 Å². The predicted molar refractivity (Wildman–Crippen MR) is 87.3 cm³/mol. The Balaban J connectivity index is 2.17. The Morgan fingerprint density at radius 3 is 2.60 bits per heavy atom. The lowest BCUT2D eigenvalue weighted by molar-refractivity contribution is 0.0706. The van der Waals surface area contributed by atoms with Crippen molar-refractivity contribution in [2.75, 3.05) is 0 Å². The van der Waals surface area contributed by atoms with Crippen LogP contribution < -0.4 is 10.9 Å². The second-order valence-electron chi connectivity index (χ2n) is 5.01. The van der Waals surface area contributed by atoms with E-state index in [-0.39, 0.29) is 29.0 Å². The normalized spacial score (nSPS) is 10.7. The minimum absolute atomic E-state index is 0.101. The summed E-state index contributed by atoms with van der Waals surface area (Å²) in [6.07, 6.45) is 2.59. The van der Waals surface area contributed by atoms with Gasteiger partial charge in [0.1, 0.15) is 5.75 Å². The largest absolute Gasteiger partial charge is 0.505 e. The van der Waals surface area contributed by atoms with Gasteiger partial charge in [-0.1, -0.05) is 6.07 Å². The number of nitrogens with one attached hydrogen (secondary N) is 2. The van der Waals surface area contributed by atoms with Gasteiger partial charge in [0.2, 0.25) is 0 Å². The molecule has 2 rings (SSSR count). The van der Waals surface area contributed by atoms with E-state index in [0.717, 1.165) is 0 Å². The van der Waals surface area contributed by atoms with E-state index in [1.165, 1.54) is 42.2 Å². The summed E-state index contributed by atoms with van der Waals surface area (Å²) in [4.78, 5) is 27.3. The number of carbonyl (C=O) groups excluding carboxylic acids is 2. The number of aliphatic hydroxyl groups excluding tert-OH is 1. The fourth-order valence-corrected chi connectivity index (χ4v) is 2.01. The van der Waals surface area contributed by atoms with E-state index in [1.54, 1.807) is 6.92 Å². The van der Waals surface area contributed by atoms with E-state index in [0.29, 0.717) is 11.3 Å². The van der Waals surface area contributed by atoms with Crippen LogP contribution in [0.4, 0.5) is 0 Å². The second-order valence-corrected chi connectivity index (χ2v) is 5.01. The van der Waals surface area contributed by atoms with E-state index in [2.05, 4.69) is 15.5 Å². The number of aliphatic hydroxyl groups is 1. The third-order valence-corrected chi connectivity index (χ3v) is 3.38. The zero-order valence-corrected chi connectivity index (χ0v) is 13.2. The van der Waals surface area contributed by atoms with Crippen LogP contribution in [-0.4, -0.2) is 38.4 Å². The molecule has 0 aliphatic rings. The maximum Gasteiger partial charge on any atom is 0.274 e. The van der Waals surface area contributed by atoms with Crippen molar-refractivity contribution in [2.45, 2.75) is 13.5 Å². The third-order valence-electron chi connectivity index (χ3n) is 3.38. The Morgan fingerprint density at radius 1 is 1.28 bits per heavy atom. The van der Waals surface area contributed by atoms with Crippen LogP contribution in [0, 0.1) is 6.92 Å². The number of aryl methyl sites for hydroxylation is 1. The van der Waals surface area contributed by atoms with Crippen LogP contribution in [0.1, 0.15) is 37.5 Å². The Kier molecular flexibility index (Phi) is 5.77. The zero-order chi connectivity index (χ0) is 18.4. The lowest BCUT2D eigenvalue weighted by atomic mass is 10.1. The number of hydroxylamine groups is 1. The maximum absolute atomic E-state index is 12.1. The molecule has 1 aromatic carbocycles. The Morgan fingerprint density at radius 2 is 1.96 bits per heavy atom. The van der Waals surface area contributed by atoms with Gasteiger partial charge in [-0.25, -0.2) is 10.9 Å². The highest BCUT2D eigenvalue weighted by atomic mass is 16.5. The average molecular weight is 344 g/mol. The monoisotopic (exact) mass is 344 g/mol. The number of hydrazone groups is 1. The van der Waals surface area contributed by atoms with Gasteiger partial charge in [0.15, 0.2) is 0 Å². The fraction of sp³-hybridized carbons (Fsp3) is 0.125. The van der Waals surface area contributed by atoms with Crippen LogP contribution >= 0.6 is 0 Å². The molecule has 0 radical (unpaired) electrons. The molecule has 0 aliphatic carbocycles. The van der Waals surface area contributed by atoms with Crippen molar-refractivity contribution in [2.24, 2.45) is 5.10 Å². The molecule has 5 N–H and O–H groups in total. The molecule has 0 atom stereocenters. The fourth-order valence-electron chi connectivity index (χ4n) is 2.01. The standard InChI is InChI=1S/C16H16N4O5/c1-9-14(22)13(12(8-21)6-17-9)7-18-19-15(23)10-3-2-4-11(5-10)16(24)20-25/h2-7,21-22,25H,8H2,1H3,(H,19,23)(H,20,24)/b18-7+. The molecule has 2 amide bonds. The van der Waals surface area contributed by atoms with Crippen molar-refractivity contribution in [1.82, 2.24) is 15.9 Å². The highest BCUT2D eigenvalue weighted by Gasteiger charge is 2.11. The molecule has 25 heavy (non-hydrogen) atoms. The van der Waals surface area contributed by atoms with Gasteiger partial charge in [-0.2, -0.15) is 5.10 Å². The second kappa shape index (κ2) is 7.99. The molecule has 0 saturated heterocycles. The van der Waals surface area contributed by atoms with Gasteiger partial charge >= 0.3 is 0 Å². The van der Waals surface area contributed by atoms with Gasteiger partial charge < -0.3 is 10.2 Å². The van der Waals surface area contributed by atoms with Gasteiger partial charge in [-0.05, 0) is 25.1 Å². The molecule has 0 aliphatic heterocycles. The van der Waals surface area contributed by atoms with Gasteiger partial charge in [0, 0.05) is 28.5 Å². The van der Waals surface area contributed by atoms with E-state index < -0.39 is 11.8 Å². The first-order chi connectivity index (χ1) is 12.0. The highest BCUT2D eigenvalue weighted by Crippen LogP contribution is 2.21. The summed E-state index contributed by atoms with van der Waals surface area (Å²) in [6, 6.07) is 5.65. The van der Waals surface area contributed by atoms with Gasteiger partial charge in [0.25, 0.3) is 11.8 Å². The number of amides is 2. The van der Waals surface area contributed by atoms with Crippen molar-refractivity contribution in [3.63, 3.8) is 0 Å². The summed E-state index contributed by atoms with van der Waals surface area (Å²) in [5.74, 6) is -1.49. The molecule has 9 heteroatoms. The number of aromatic nitrogens is 1. The van der Waals surface area contributed by atoms with Crippen LogP contribution in [0.15, 0.2) is 35.6 Å². The van der Waals surface area contributed by atoms with E-state index in [1.807, 2.05) is 0 Å². The number of rotatable bonds is 5. The summed E-state index contributed by atoms with van der Waals surface area (Å²) >= 11 is 0. The number of aromatic hydroxyl groups is 1. The number of pyridine rings is 1. The SMILES string of the molecule is Cc1ncc(CO)c(/C=N/NC(=O)c2cccc(C(=O)NO)c2)c1O. The molecule has 0 unspecified atom stereocenters. The van der Waals surface area contributed by atoms with Crippen LogP contribution in [0.3, 0.4) is 0 Å². The first-order valence-corrected chi connectivity index (χ1v) is 7.14. The van der Waals surface area contributed by atoms with E-state index >= 15 is 0 Å². The quantitative estimate of drug-likeness (QED) is 0.303. The van der Waals surface area contributed by atoms with Crippen LogP contribution in [0.5, 0.6) is 5.75 Å². The Bertz CT molecular complexity index is 835. The molecular formula is C16H16N4O5. The molecule has 0 bridgehead atoms. The predicted octanol–water partition coefficient (Wildman–Crippen LogP) is 0.471. The number of nitrogens with zero attached hydrogens (tertiary/aromatic N) is 2. The topological polar surface area (TPSA) is 144 Å². The number of carbonyl (C=O) groups is 2. The first kappa shape index (κ1) is 18.0. The van der Waals surface area contributed by atoms with Crippen molar-refractivity contribution < 1.29 is 25.0 Å². The average Bonchev–Trinajstić information content (AvgIpc) is 2.64. The molecule has 0 fully saturated rings. The summed E-state index contributed by atoms with van der Waals surface area (Å²) in [5, 5.41) is 31.6. The highest BCUT2D eigenvalue weighted by molar-refractivity contribution is 5.99.